The summed E-state index contributed by atoms with van der Waals surface area (Å²) in [5.41, 5.74) is 2.20. The highest BCUT2D eigenvalue weighted by Gasteiger charge is 2.22. The Hall–Kier alpha value is -2.30. The lowest BCUT2D eigenvalue weighted by Crippen LogP contribution is -2.52. The van der Waals surface area contributed by atoms with E-state index in [1.165, 1.54) is 0 Å². The number of piperazine rings is 1. The first-order chi connectivity index (χ1) is 10.8. The number of benzene rings is 1. The van der Waals surface area contributed by atoms with Gasteiger partial charge in [-0.25, -0.2) is 4.79 Å². The Balaban J connectivity index is 1.69. The van der Waals surface area contributed by atoms with Crippen molar-refractivity contribution in [2.45, 2.75) is 13.3 Å². The van der Waals surface area contributed by atoms with Crippen molar-refractivity contribution >= 4 is 22.6 Å². The van der Waals surface area contributed by atoms with Gasteiger partial charge in [0.15, 0.2) is 0 Å². The zero-order valence-electron chi connectivity index (χ0n) is 13.0. The highest BCUT2D eigenvalue weighted by molar-refractivity contribution is 5.90. The molecule has 1 N–H and O–H groups in total. The van der Waals surface area contributed by atoms with E-state index in [1.807, 2.05) is 17.2 Å². The average molecular weight is 298 g/mol. The lowest BCUT2D eigenvalue weighted by molar-refractivity contribution is 0.194. The van der Waals surface area contributed by atoms with Crippen molar-refractivity contribution in [2.75, 3.05) is 37.6 Å². The van der Waals surface area contributed by atoms with Crippen LogP contribution in [-0.2, 0) is 0 Å². The maximum Gasteiger partial charge on any atom is 0.317 e. The fourth-order valence-corrected chi connectivity index (χ4v) is 2.84. The third-order valence-corrected chi connectivity index (χ3v) is 4.05. The maximum atomic E-state index is 12.0. The van der Waals surface area contributed by atoms with E-state index in [0.29, 0.717) is 0 Å². The molecule has 0 unspecified atom stereocenters. The molecule has 1 aliphatic heterocycles. The van der Waals surface area contributed by atoms with Crippen molar-refractivity contribution in [1.29, 1.82) is 0 Å². The molecular formula is C17H22N4O. The zero-order chi connectivity index (χ0) is 15.4. The van der Waals surface area contributed by atoms with Crippen LogP contribution in [0.4, 0.5) is 10.5 Å². The molecule has 0 aliphatic carbocycles. The molecule has 1 aromatic carbocycles. The van der Waals surface area contributed by atoms with Gasteiger partial charge in [-0.05, 0) is 18.6 Å². The van der Waals surface area contributed by atoms with Crippen molar-refractivity contribution in [3.8, 4) is 0 Å². The molecule has 5 nitrogen and oxygen atoms in total. The number of pyridine rings is 1. The first-order valence-electron chi connectivity index (χ1n) is 7.91. The van der Waals surface area contributed by atoms with Crippen molar-refractivity contribution in [1.82, 2.24) is 15.2 Å². The molecule has 1 aliphatic rings. The van der Waals surface area contributed by atoms with Crippen LogP contribution in [0.15, 0.2) is 36.5 Å². The van der Waals surface area contributed by atoms with E-state index in [9.17, 15) is 4.79 Å². The molecule has 1 fully saturated rings. The lowest BCUT2D eigenvalue weighted by atomic mass is 10.1. The quantitative estimate of drug-likeness (QED) is 0.947. The second-order valence-corrected chi connectivity index (χ2v) is 5.56. The van der Waals surface area contributed by atoms with Crippen LogP contribution in [0.25, 0.3) is 10.9 Å². The van der Waals surface area contributed by atoms with Crippen LogP contribution < -0.4 is 10.2 Å². The van der Waals surface area contributed by atoms with Gasteiger partial charge in [0.2, 0.25) is 0 Å². The Bertz CT molecular complexity index is 645. The molecule has 3 rings (SSSR count). The molecule has 1 aromatic heterocycles. The second-order valence-electron chi connectivity index (χ2n) is 5.56. The van der Waals surface area contributed by atoms with Gasteiger partial charge >= 0.3 is 6.03 Å². The molecule has 22 heavy (non-hydrogen) atoms. The molecule has 0 bridgehead atoms. The van der Waals surface area contributed by atoms with E-state index in [2.05, 4.69) is 46.4 Å². The summed E-state index contributed by atoms with van der Waals surface area (Å²) in [5, 5.41) is 4.10. The average Bonchev–Trinajstić information content (AvgIpc) is 2.59. The topological polar surface area (TPSA) is 48.5 Å². The first kappa shape index (κ1) is 14.6. The third kappa shape index (κ3) is 2.98. The third-order valence-electron chi connectivity index (χ3n) is 4.05. The molecule has 0 saturated carbocycles. The van der Waals surface area contributed by atoms with Gasteiger partial charge in [0.25, 0.3) is 0 Å². The van der Waals surface area contributed by atoms with Gasteiger partial charge in [-0.3, -0.25) is 4.98 Å². The Morgan fingerprint density at radius 1 is 1.18 bits per heavy atom. The van der Waals surface area contributed by atoms with Crippen LogP contribution in [0.5, 0.6) is 0 Å². The van der Waals surface area contributed by atoms with Gasteiger partial charge in [-0.1, -0.05) is 25.1 Å². The van der Waals surface area contributed by atoms with E-state index >= 15 is 0 Å². The van der Waals surface area contributed by atoms with Crippen molar-refractivity contribution in [3.05, 3.63) is 36.5 Å². The summed E-state index contributed by atoms with van der Waals surface area (Å²) in [6.07, 6.45) is 2.80. The Labute approximate surface area is 130 Å². The van der Waals surface area contributed by atoms with Crippen LogP contribution in [0.2, 0.25) is 0 Å². The molecule has 2 heterocycles. The van der Waals surface area contributed by atoms with Crippen molar-refractivity contribution < 1.29 is 4.79 Å². The molecule has 5 heteroatoms. The van der Waals surface area contributed by atoms with E-state index in [4.69, 9.17) is 0 Å². The number of carbonyl (C=O) groups is 1. The molecule has 0 spiro atoms. The normalized spacial score (nSPS) is 15.1. The number of fused-ring (bicyclic) bond motifs is 1. The molecule has 116 valence electrons. The number of nitrogens with zero attached hydrogens (tertiary/aromatic N) is 3. The Morgan fingerprint density at radius 2 is 1.95 bits per heavy atom. The van der Waals surface area contributed by atoms with Gasteiger partial charge in [-0.2, -0.15) is 0 Å². The van der Waals surface area contributed by atoms with Gasteiger partial charge in [0.1, 0.15) is 0 Å². The number of nitrogens with one attached hydrogen (secondary N) is 1. The van der Waals surface area contributed by atoms with Crippen LogP contribution in [0, 0.1) is 0 Å². The number of hydrogen-bond donors (Lipinski definition) is 1. The number of rotatable bonds is 3. The largest absolute Gasteiger partial charge is 0.366 e. The summed E-state index contributed by atoms with van der Waals surface area (Å²) in [5.74, 6) is 0. The summed E-state index contributed by atoms with van der Waals surface area (Å²) >= 11 is 0. The predicted octanol–water partition coefficient (Wildman–Crippen LogP) is 2.48. The fraction of sp³-hybridized carbons (Fsp3) is 0.412. The molecule has 0 radical (unpaired) electrons. The maximum absolute atomic E-state index is 12.0. The lowest BCUT2D eigenvalue weighted by Gasteiger charge is -2.36. The minimum Gasteiger partial charge on any atom is -0.366 e. The van der Waals surface area contributed by atoms with Gasteiger partial charge in [-0.15, -0.1) is 0 Å². The monoisotopic (exact) mass is 298 g/mol. The summed E-state index contributed by atoms with van der Waals surface area (Å²) in [6, 6.07) is 10.4. The van der Waals surface area contributed by atoms with E-state index in [1.54, 1.807) is 0 Å². The number of hydrogen-bond acceptors (Lipinski definition) is 3. The highest BCUT2D eigenvalue weighted by Crippen LogP contribution is 2.25. The van der Waals surface area contributed by atoms with Crippen molar-refractivity contribution in [2.24, 2.45) is 0 Å². The number of amides is 2. The van der Waals surface area contributed by atoms with Gasteiger partial charge in [0.05, 0.1) is 11.2 Å². The summed E-state index contributed by atoms with van der Waals surface area (Å²) in [7, 11) is 0. The smallest absolute Gasteiger partial charge is 0.317 e. The van der Waals surface area contributed by atoms with Crippen LogP contribution in [-0.4, -0.2) is 48.6 Å². The number of carbonyl (C=O) groups excluding carboxylic acids is 1. The summed E-state index contributed by atoms with van der Waals surface area (Å²) in [6.45, 7) is 5.99. The van der Waals surface area contributed by atoms with E-state index in [-0.39, 0.29) is 6.03 Å². The molecule has 2 aromatic rings. The second kappa shape index (κ2) is 6.64. The first-order valence-corrected chi connectivity index (χ1v) is 7.91. The Kier molecular flexibility index (Phi) is 4.42. The Morgan fingerprint density at radius 3 is 2.73 bits per heavy atom. The van der Waals surface area contributed by atoms with Crippen LogP contribution in [0.1, 0.15) is 13.3 Å². The van der Waals surface area contributed by atoms with E-state index < -0.39 is 0 Å². The highest BCUT2D eigenvalue weighted by atomic mass is 16.2. The minimum atomic E-state index is 0.0533. The molecule has 0 atom stereocenters. The predicted molar refractivity (Wildman–Crippen MR) is 89.2 cm³/mol. The van der Waals surface area contributed by atoms with Crippen LogP contribution >= 0.6 is 0 Å². The zero-order valence-corrected chi connectivity index (χ0v) is 13.0. The molecule has 2 amide bonds. The number of anilines is 1. The summed E-state index contributed by atoms with van der Waals surface area (Å²) < 4.78 is 0. The van der Waals surface area contributed by atoms with Crippen molar-refractivity contribution in [3.63, 3.8) is 0 Å². The van der Waals surface area contributed by atoms with E-state index in [0.717, 1.165) is 55.7 Å². The number of aromatic nitrogens is 1. The molecular weight excluding hydrogens is 276 g/mol. The SMILES string of the molecule is CCCNC(=O)N1CCN(c2cccc3cccnc23)CC1. The number of para-hydroxylation sites is 1. The number of urea groups is 1. The van der Waals surface area contributed by atoms with Crippen LogP contribution in [0.3, 0.4) is 0 Å². The van der Waals surface area contributed by atoms with Gasteiger partial charge in [0, 0.05) is 44.3 Å². The minimum absolute atomic E-state index is 0.0533. The van der Waals surface area contributed by atoms with Gasteiger partial charge < -0.3 is 15.1 Å². The molecule has 1 saturated heterocycles. The summed E-state index contributed by atoms with van der Waals surface area (Å²) in [4.78, 5) is 20.7. The fourth-order valence-electron chi connectivity index (χ4n) is 2.84. The standard InChI is InChI=1S/C17H22N4O/c1-2-8-19-17(22)21-12-10-20(11-13-21)15-7-3-5-14-6-4-9-18-16(14)15/h3-7,9H,2,8,10-13H2,1H3,(H,19,22).